The maximum atomic E-state index is 12.6. The molecule has 33 heavy (non-hydrogen) atoms. The van der Waals surface area contributed by atoms with Crippen molar-refractivity contribution in [1.29, 1.82) is 0 Å². The van der Waals surface area contributed by atoms with E-state index in [4.69, 9.17) is 4.74 Å². The van der Waals surface area contributed by atoms with E-state index in [1.54, 1.807) is 11.1 Å². The van der Waals surface area contributed by atoms with Crippen molar-refractivity contribution in [2.24, 2.45) is 4.99 Å². The highest BCUT2D eigenvalue weighted by Crippen LogP contribution is 2.35. The van der Waals surface area contributed by atoms with Crippen molar-refractivity contribution < 1.29 is 14.3 Å². The molecule has 0 spiro atoms. The number of carbonyl (C=O) groups excluding carboxylic acids is 2. The van der Waals surface area contributed by atoms with E-state index in [1.165, 1.54) is 6.33 Å². The molecule has 9 heteroatoms. The number of ether oxygens (including phenoxy) is 1. The molecule has 1 unspecified atom stereocenters. The summed E-state index contributed by atoms with van der Waals surface area (Å²) in [5, 5.41) is 6.11. The summed E-state index contributed by atoms with van der Waals surface area (Å²) in [6, 6.07) is 7.53. The van der Waals surface area contributed by atoms with Crippen molar-refractivity contribution in [1.82, 2.24) is 14.9 Å². The molecule has 174 valence electrons. The number of amides is 2. The van der Waals surface area contributed by atoms with E-state index in [2.05, 4.69) is 25.6 Å². The van der Waals surface area contributed by atoms with Crippen molar-refractivity contribution >= 4 is 35.4 Å². The van der Waals surface area contributed by atoms with Gasteiger partial charge in [-0.25, -0.2) is 9.97 Å². The van der Waals surface area contributed by atoms with E-state index in [0.717, 1.165) is 37.9 Å². The molecule has 2 N–H and O–H groups in total. The number of anilines is 2. The Kier molecular flexibility index (Phi) is 7.49. The lowest BCUT2D eigenvalue weighted by molar-refractivity contribution is -0.130. The van der Waals surface area contributed by atoms with Gasteiger partial charge in [0.1, 0.15) is 29.6 Å². The topological polar surface area (TPSA) is 109 Å². The normalized spacial score (nSPS) is 20.2. The minimum absolute atomic E-state index is 0.169. The fraction of sp³-hybridized carbons (Fsp3) is 0.458. The number of carbonyl (C=O) groups is 2. The summed E-state index contributed by atoms with van der Waals surface area (Å²) in [7, 11) is 1.84. The predicted octanol–water partition coefficient (Wildman–Crippen LogP) is 3.52. The van der Waals surface area contributed by atoms with Crippen molar-refractivity contribution in [3.05, 3.63) is 36.2 Å². The number of aromatic nitrogens is 2. The van der Waals surface area contributed by atoms with Gasteiger partial charge in [-0.3, -0.25) is 14.6 Å². The Labute approximate surface area is 193 Å². The van der Waals surface area contributed by atoms with Gasteiger partial charge in [-0.1, -0.05) is 18.9 Å². The van der Waals surface area contributed by atoms with Crippen molar-refractivity contribution in [2.75, 3.05) is 37.4 Å². The highest BCUT2D eigenvalue weighted by Gasteiger charge is 2.33. The third-order valence-corrected chi connectivity index (χ3v) is 5.85. The van der Waals surface area contributed by atoms with Gasteiger partial charge in [0.2, 0.25) is 11.8 Å². The van der Waals surface area contributed by atoms with Gasteiger partial charge in [0.15, 0.2) is 0 Å². The zero-order valence-corrected chi connectivity index (χ0v) is 18.9. The maximum absolute atomic E-state index is 12.6. The van der Waals surface area contributed by atoms with Gasteiger partial charge in [-0.15, -0.1) is 0 Å². The molecule has 0 saturated carbocycles. The smallest absolute Gasteiger partial charge is 0.238 e. The zero-order valence-electron chi connectivity index (χ0n) is 18.9. The predicted molar refractivity (Wildman–Crippen MR) is 127 cm³/mol. The number of hydrogen-bond donors (Lipinski definition) is 2. The van der Waals surface area contributed by atoms with E-state index in [-0.39, 0.29) is 11.8 Å². The summed E-state index contributed by atoms with van der Waals surface area (Å²) in [6.45, 7) is 1.90. The number of aliphatic imine (C=N–C) groups is 1. The fourth-order valence-electron chi connectivity index (χ4n) is 3.97. The van der Waals surface area contributed by atoms with Gasteiger partial charge in [0.05, 0.1) is 17.9 Å². The Bertz CT molecular complexity index is 1030. The summed E-state index contributed by atoms with van der Waals surface area (Å²) in [6.07, 6.45) is 8.26. The van der Waals surface area contributed by atoms with Crippen molar-refractivity contribution in [2.45, 2.75) is 44.4 Å². The third kappa shape index (κ3) is 5.85. The minimum Gasteiger partial charge on any atom is -0.494 e. The van der Waals surface area contributed by atoms with E-state index < -0.39 is 5.92 Å². The average molecular weight is 451 g/mol. The SMILES string of the molecule is CN1CCCNc2ncnc3c2C(C=Nc2cccc(c2)OCCCCCCC1=O)C(=O)N3. The second kappa shape index (κ2) is 10.9. The van der Waals surface area contributed by atoms with Crippen LogP contribution in [0.2, 0.25) is 0 Å². The standard InChI is InChI=1S/C24H30N6O3/c1-30-12-7-11-25-22-21-19(24(32)29-23(21)28-16-27-22)15-26-17-8-6-9-18(14-17)33-13-5-3-2-4-10-20(30)31/h6,8-9,14-16,19H,2-5,7,10-13H2,1H3,(H2,25,27,28,29,32). The first-order valence-electron chi connectivity index (χ1n) is 11.5. The van der Waals surface area contributed by atoms with E-state index in [9.17, 15) is 9.59 Å². The Morgan fingerprint density at radius 3 is 2.82 bits per heavy atom. The maximum Gasteiger partial charge on any atom is 0.238 e. The van der Waals surface area contributed by atoms with Crippen molar-refractivity contribution in [3.8, 4) is 5.75 Å². The molecule has 0 aliphatic carbocycles. The Morgan fingerprint density at radius 2 is 1.91 bits per heavy atom. The average Bonchev–Trinajstić information content (AvgIpc) is 3.14. The first kappa shape index (κ1) is 22.7. The summed E-state index contributed by atoms with van der Waals surface area (Å²) >= 11 is 0. The molecule has 1 aromatic carbocycles. The van der Waals surface area contributed by atoms with Crippen LogP contribution in [0.4, 0.5) is 17.3 Å². The van der Waals surface area contributed by atoms with Crippen LogP contribution in [-0.2, 0) is 9.59 Å². The number of rotatable bonds is 0. The van der Waals surface area contributed by atoms with Crippen LogP contribution in [0.15, 0.2) is 35.6 Å². The molecule has 2 aliphatic rings. The van der Waals surface area contributed by atoms with Crippen molar-refractivity contribution in [3.63, 3.8) is 0 Å². The van der Waals surface area contributed by atoms with Gasteiger partial charge in [0, 0.05) is 38.8 Å². The van der Waals surface area contributed by atoms with E-state index >= 15 is 0 Å². The lowest BCUT2D eigenvalue weighted by Crippen LogP contribution is -2.28. The number of nitrogens with one attached hydrogen (secondary N) is 2. The van der Waals surface area contributed by atoms with Crippen LogP contribution in [0.1, 0.15) is 50.0 Å². The van der Waals surface area contributed by atoms with Crippen LogP contribution in [0, 0.1) is 0 Å². The second-order valence-electron chi connectivity index (χ2n) is 8.34. The molecule has 0 fully saturated rings. The van der Waals surface area contributed by atoms with E-state index in [1.807, 2.05) is 31.3 Å². The number of benzene rings is 1. The molecule has 1 atom stereocenters. The van der Waals surface area contributed by atoms with Crippen LogP contribution in [0.5, 0.6) is 5.75 Å². The zero-order chi connectivity index (χ0) is 23.0. The Balaban J connectivity index is 1.54. The molecule has 2 aliphatic heterocycles. The van der Waals surface area contributed by atoms with Gasteiger partial charge in [-0.05, 0) is 31.4 Å². The minimum atomic E-state index is -0.591. The van der Waals surface area contributed by atoms with Crippen LogP contribution in [-0.4, -0.2) is 59.6 Å². The summed E-state index contributed by atoms with van der Waals surface area (Å²) in [4.78, 5) is 39.9. The molecule has 9 nitrogen and oxygen atoms in total. The summed E-state index contributed by atoms with van der Waals surface area (Å²) in [5.74, 6) is 1.24. The molecule has 4 rings (SSSR count). The van der Waals surface area contributed by atoms with Gasteiger partial charge >= 0.3 is 0 Å². The van der Waals surface area contributed by atoms with Gasteiger partial charge < -0.3 is 20.3 Å². The summed E-state index contributed by atoms with van der Waals surface area (Å²) < 4.78 is 5.87. The largest absolute Gasteiger partial charge is 0.494 e. The molecule has 1 aromatic heterocycles. The van der Waals surface area contributed by atoms with Crippen LogP contribution in [0.3, 0.4) is 0 Å². The highest BCUT2D eigenvalue weighted by atomic mass is 16.5. The molecule has 0 radical (unpaired) electrons. The highest BCUT2D eigenvalue weighted by molar-refractivity contribution is 6.13. The van der Waals surface area contributed by atoms with Crippen LogP contribution < -0.4 is 15.4 Å². The number of fused-ring (bicyclic) bond motifs is 2. The molecule has 0 saturated heterocycles. The van der Waals surface area contributed by atoms with Gasteiger partial charge in [0.25, 0.3) is 0 Å². The Morgan fingerprint density at radius 1 is 1.06 bits per heavy atom. The first-order chi connectivity index (χ1) is 16.1. The number of nitrogens with zero attached hydrogens (tertiary/aromatic N) is 4. The Hall–Kier alpha value is -3.49. The second-order valence-corrected chi connectivity index (χ2v) is 8.34. The summed E-state index contributed by atoms with van der Waals surface area (Å²) in [5.41, 5.74) is 1.40. The van der Waals surface area contributed by atoms with Crippen LogP contribution >= 0.6 is 0 Å². The first-order valence-corrected chi connectivity index (χ1v) is 11.5. The molecular weight excluding hydrogens is 420 g/mol. The lowest BCUT2D eigenvalue weighted by Gasteiger charge is -2.18. The number of hydrogen-bond acceptors (Lipinski definition) is 7. The quantitative estimate of drug-likeness (QED) is 0.636. The molecular formula is C24H30N6O3. The van der Waals surface area contributed by atoms with Gasteiger partial charge in [-0.2, -0.15) is 0 Å². The lowest BCUT2D eigenvalue weighted by atomic mass is 10.0. The molecule has 3 heterocycles. The molecule has 2 bridgehead atoms. The molecule has 2 amide bonds. The van der Waals surface area contributed by atoms with E-state index in [0.29, 0.717) is 49.0 Å². The third-order valence-electron chi connectivity index (χ3n) is 5.85. The monoisotopic (exact) mass is 450 g/mol. The molecule has 2 aromatic rings. The van der Waals surface area contributed by atoms with Crippen LogP contribution in [0.25, 0.3) is 0 Å². The fourth-order valence-corrected chi connectivity index (χ4v) is 3.97.